The average Bonchev–Trinajstić information content (AvgIpc) is 3.37. The van der Waals surface area contributed by atoms with Crippen molar-refractivity contribution >= 4 is 5.97 Å². The fraction of sp³-hybridized carbons (Fsp3) is 0.921. The van der Waals surface area contributed by atoms with Crippen LogP contribution in [0.4, 0.5) is 0 Å². The smallest absolute Gasteiger partial charge is 0.311 e. The number of fused-ring (bicyclic) bond motifs is 2. The van der Waals surface area contributed by atoms with Gasteiger partial charge in [0.1, 0.15) is 41.4 Å². The quantitative estimate of drug-likeness (QED) is 0.208. The zero-order valence-electron chi connectivity index (χ0n) is 33.0. The number of nitrogens with one attached hydrogen (secondary N) is 1. The van der Waals surface area contributed by atoms with E-state index in [0.717, 1.165) is 5.57 Å². The zero-order valence-corrected chi connectivity index (χ0v) is 33.0. The summed E-state index contributed by atoms with van der Waals surface area (Å²) >= 11 is 0. The number of hydrogen-bond donors (Lipinski definition) is 5. The lowest BCUT2D eigenvalue weighted by atomic mass is 9.78. The minimum Gasteiger partial charge on any atom is -0.488 e. The molecule has 17 atom stereocenters. The van der Waals surface area contributed by atoms with Crippen LogP contribution in [0.25, 0.3) is 0 Å². The maximum absolute atomic E-state index is 14.3. The van der Waals surface area contributed by atoms with E-state index < -0.39 is 95.8 Å². The summed E-state index contributed by atoms with van der Waals surface area (Å²) in [5.74, 6) is -2.28. The summed E-state index contributed by atoms with van der Waals surface area (Å²) in [5.41, 5.74) is -2.96. The normalized spacial score (nSPS) is 45.8. The minimum atomic E-state index is -1.82. The predicted molar refractivity (Wildman–Crippen MR) is 188 cm³/mol. The molecule has 0 radical (unpaired) electrons. The van der Waals surface area contributed by atoms with E-state index in [9.17, 15) is 25.2 Å². The van der Waals surface area contributed by atoms with E-state index >= 15 is 0 Å². The molecular weight excluding hydrogens is 662 g/mol. The van der Waals surface area contributed by atoms with E-state index in [4.69, 9.17) is 33.2 Å². The Bertz CT molecular complexity index is 1230. The monoisotopic (exact) mass is 729 g/mol. The van der Waals surface area contributed by atoms with E-state index in [2.05, 4.69) is 5.32 Å². The first-order valence-corrected chi connectivity index (χ1v) is 18.9. The van der Waals surface area contributed by atoms with Gasteiger partial charge in [-0.1, -0.05) is 34.6 Å². The molecule has 0 spiro atoms. The van der Waals surface area contributed by atoms with Crippen molar-refractivity contribution in [2.24, 2.45) is 17.8 Å². The van der Waals surface area contributed by atoms with Crippen molar-refractivity contribution in [3.63, 3.8) is 0 Å². The minimum absolute atomic E-state index is 0.119. The number of carbonyl (C=O) groups is 1. The Morgan fingerprint density at radius 2 is 1.71 bits per heavy atom. The van der Waals surface area contributed by atoms with Crippen molar-refractivity contribution in [2.45, 2.75) is 199 Å². The summed E-state index contributed by atoms with van der Waals surface area (Å²) in [6.07, 6.45) is -7.35. The molecule has 0 amide bonds. The fourth-order valence-corrected chi connectivity index (χ4v) is 8.83. The van der Waals surface area contributed by atoms with Crippen molar-refractivity contribution in [2.75, 3.05) is 7.11 Å². The maximum Gasteiger partial charge on any atom is 0.311 e. The highest BCUT2D eigenvalue weighted by Crippen LogP contribution is 2.48. The summed E-state index contributed by atoms with van der Waals surface area (Å²) in [5, 5.41) is 48.7. The summed E-state index contributed by atoms with van der Waals surface area (Å²) in [6.45, 7) is 22.1. The van der Waals surface area contributed by atoms with Gasteiger partial charge in [0.05, 0.1) is 41.9 Å². The molecule has 13 heteroatoms. The van der Waals surface area contributed by atoms with Crippen molar-refractivity contribution < 1.29 is 58.4 Å². The van der Waals surface area contributed by atoms with Gasteiger partial charge < -0.3 is 58.9 Å². The van der Waals surface area contributed by atoms with Crippen LogP contribution in [0.2, 0.25) is 0 Å². The van der Waals surface area contributed by atoms with Crippen molar-refractivity contribution in [1.29, 1.82) is 0 Å². The molecule has 0 aliphatic carbocycles. The van der Waals surface area contributed by atoms with Gasteiger partial charge in [0.25, 0.3) is 0 Å². The number of rotatable bonds is 10. The predicted octanol–water partition coefficient (Wildman–Crippen LogP) is 3.33. The van der Waals surface area contributed by atoms with Crippen LogP contribution in [-0.2, 0) is 38.0 Å². The Hall–Kier alpha value is -1.39. The molecular formula is C38H67NO12. The lowest BCUT2D eigenvalue weighted by Crippen LogP contribution is -2.60. The molecule has 0 aromatic carbocycles. The number of hydrogen-bond acceptors (Lipinski definition) is 13. The van der Waals surface area contributed by atoms with E-state index in [-0.39, 0.29) is 31.0 Å². The summed E-state index contributed by atoms with van der Waals surface area (Å²) in [6, 6.07) is -0.164. The molecule has 4 heterocycles. The molecule has 0 saturated carbocycles. The van der Waals surface area contributed by atoms with Crippen LogP contribution in [0.15, 0.2) is 11.3 Å². The highest BCUT2D eigenvalue weighted by atomic mass is 16.7. The number of ether oxygens (including phenoxy) is 7. The lowest BCUT2D eigenvalue weighted by Gasteiger charge is -2.48. The molecule has 5 unspecified atom stereocenters. The molecule has 4 aliphatic heterocycles. The number of esters is 1. The Morgan fingerprint density at radius 1 is 1.06 bits per heavy atom. The van der Waals surface area contributed by atoms with Crippen LogP contribution in [0.5, 0.6) is 0 Å². The second-order valence-corrected chi connectivity index (χ2v) is 16.7. The highest BCUT2D eigenvalue weighted by molar-refractivity contribution is 5.73. The second-order valence-electron chi connectivity index (χ2n) is 16.7. The number of aliphatic hydroxyl groups is 4. The van der Waals surface area contributed by atoms with Crippen LogP contribution >= 0.6 is 0 Å². The number of aliphatic hydroxyl groups excluding tert-OH is 3. The largest absolute Gasteiger partial charge is 0.488 e. The molecule has 296 valence electrons. The number of cyclic esters (lactones) is 1. The van der Waals surface area contributed by atoms with Gasteiger partial charge in [-0.2, -0.15) is 0 Å². The Kier molecular flexibility index (Phi) is 13.4. The SMILES string of the molecule is CC[C@H](O)[C@@](C)(O)[C@@H]1OC(=O)[C@H](C)[C@@H](O[C@H]2CC(C)(OC)[C@@H](O)C(C)O2)[C@H](C)[C@@H](O[C@@H]2OC(C)CC(NC(C)C)C2O)[C@@]2(C)CC(C)=C(O2)[C@@H]1C. The zero-order chi connectivity index (χ0) is 38.4. The second kappa shape index (κ2) is 16.1. The highest BCUT2D eigenvalue weighted by Gasteiger charge is 2.57. The van der Waals surface area contributed by atoms with Crippen LogP contribution in [0, 0.1) is 17.8 Å². The standard InChI is InChI=1S/C38H67NO12/c1-14-26(40)38(12,44)33-21(6)29-19(4)16-37(11,51-29)32(50-35-28(41)25(39-18(2)3)15-20(5)46-35)22(7)30(23(8)34(43)49-33)48-27-17-36(10,45-13)31(42)24(9)47-27/h18,20-28,30-33,35,39-42,44H,14-17H2,1-13H3/t20?,21-,22-,23+,24?,25?,26-,27-,28?,30-,31-,32+,33+,35-,36?,37+,38+/m0/s1. The van der Waals surface area contributed by atoms with Crippen molar-refractivity contribution in [1.82, 2.24) is 5.32 Å². The fourth-order valence-electron chi connectivity index (χ4n) is 8.83. The van der Waals surface area contributed by atoms with Crippen LogP contribution in [0.1, 0.15) is 109 Å². The van der Waals surface area contributed by atoms with Crippen molar-refractivity contribution in [3.8, 4) is 0 Å². The third-order valence-electron chi connectivity index (χ3n) is 11.8. The molecule has 2 bridgehead atoms. The van der Waals surface area contributed by atoms with E-state index in [1.807, 2.05) is 48.5 Å². The van der Waals surface area contributed by atoms with Gasteiger partial charge >= 0.3 is 5.97 Å². The summed E-state index contributed by atoms with van der Waals surface area (Å²) < 4.78 is 44.9. The number of methoxy groups -OCH3 is 1. The topological polar surface area (TPSA) is 175 Å². The average molecular weight is 730 g/mol. The van der Waals surface area contributed by atoms with Gasteiger partial charge in [-0.15, -0.1) is 0 Å². The molecule has 13 nitrogen and oxygen atoms in total. The van der Waals surface area contributed by atoms with Crippen molar-refractivity contribution in [3.05, 3.63) is 11.3 Å². The number of carbonyl (C=O) groups excluding carboxylic acids is 1. The summed E-state index contributed by atoms with van der Waals surface area (Å²) in [4.78, 5) is 14.3. The third kappa shape index (κ3) is 8.63. The lowest BCUT2D eigenvalue weighted by molar-refractivity contribution is -0.314. The van der Waals surface area contributed by atoms with Gasteiger partial charge in [-0.25, -0.2) is 0 Å². The summed E-state index contributed by atoms with van der Waals surface area (Å²) in [7, 11) is 1.53. The first kappa shape index (κ1) is 42.4. The van der Waals surface area contributed by atoms with E-state index in [1.54, 1.807) is 27.7 Å². The van der Waals surface area contributed by atoms with Gasteiger partial charge in [0, 0.05) is 38.0 Å². The first-order valence-electron chi connectivity index (χ1n) is 18.9. The molecule has 3 fully saturated rings. The Morgan fingerprint density at radius 3 is 2.29 bits per heavy atom. The molecule has 5 N–H and O–H groups in total. The third-order valence-corrected chi connectivity index (χ3v) is 11.8. The molecule has 4 aliphatic rings. The van der Waals surface area contributed by atoms with E-state index in [0.29, 0.717) is 18.6 Å². The van der Waals surface area contributed by atoms with Gasteiger partial charge in [0.15, 0.2) is 12.6 Å². The molecule has 51 heavy (non-hydrogen) atoms. The van der Waals surface area contributed by atoms with Gasteiger partial charge in [-0.3, -0.25) is 4.79 Å². The Labute approximate surface area is 304 Å². The van der Waals surface area contributed by atoms with Crippen LogP contribution in [-0.4, -0.2) is 124 Å². The molecule has 0 aromatic heterocycles. The molecule has 3 saturated heterocycles. The Balaban J connectivity index is 1.82. The van der Waals surface area contributed by atoms with Crippen LogP contribution < -0.4 is 5.32 Å². The molecule has 0 aromatic rings. The van der Waals surface area contributed by atoms with Crippen LogP contribution in [0.3, 0.4) is 0 Å². The van der Waals surface area contributed by atoms with E-state index in [1.165, 1.54) is 14.0 Å². The van der Waals surface area contributed by atoms with Gasteiger partial charge in [0.2, 0.25) is 0 Å². The first-order chi connectivity index (χ1) is 23.6. The van der Waals surface area contributed by atoms with Gasteiger partial charge in [-0.05, 0) is 66.9 Å². The molecule has 4 rings (SSSR count). The maximum atomic E-state index is 14.3.